The van der Waals surface area contributed by atoms with Crippen molar-refractivity contribution in [2.24, 2.45) is 0 Å². The zero-order valence-electron chi connectivity index (χ0n) is 12.1. The molecular weight excluding hydrogens is 259 g/mol. The Kier molecular flexibility index (Phi) is 4.95. The number of carbonyl (C=O) groups is 1. The summed E-state index contributed by atoms with van der Waals surface area (Å²) >= 11 is 0. The monoisotopic (exact) mass is 280 g/mol. The van der Waals surface area contributed by atoms with Gasteiger partial charge in [0.1, 0.15) is 24.0 Å². The fourth-order valence-electron chi connectivity index (χ4n) is 2.18. The minimum absolute atomic E-state index is 0.255. The number of nitrogens with zero attached hydrogens (tertiary/aromatic N) is 2. The second-order valence-electron chi connectivity index (χ2n) is 5.29. The van der Waals surface area contributed by atoms with Gasteiger partial charge in [0.25, 0.3) is 0 Å². The maximum absolute atomic E-state index is 14.1. The summed E-state index contributed by atoms with van der Waals surface area (Å²) in [4.78, 5) is 15.1. The van der Waals surface area contributed by atoms with Gasteiger partial charge in [-0.1, -0.05) is 0 Å². The topological polar surface area (TPSA) is 32.8 Å². The Morgan fingerprint density at radius 3 is 2.60 bits per heavy atom. The number of benzene rings is 1. The van der Waals surface area contributed by atoms with Crippen LogP contribution in [-0.2, 0) is 4.79 Å². The number of ether oxygens (including phenoxy) is 1. The number of halogens is 1. The first kappa shape index (κ1) is 14.8. The van der Waals surface area contributed by atoms with Crippen molar-refractivity contribution in [3.05, 3.63) is 24.0 Å². The summed E-state index contributed by atoms with van der Waals surface area (Å²) in [5.41, 5.74) is 0.553. The van der Waals surface area contributed by atoms with Crippen molar-refractivity contribution in [1.82, 2.24) is 4.90 Å². The predicted molar refractivity (Wildman–Crippen MR) is 76.9 cm³/mol. The number of Topliss-reactive ketones (excluding diaryl/α,β-unsaturated/α-hetero) is 1. The van der Waals surface area contributed by atoms with Gasteiger partial charge in [0.15, 0.2) is 0 Å². The average Bonchev–Trinajstić information content (AvgIpc) is 2.40. The number of hydrogen-bond donors (Lipinski definition) is 0. The number of ketones is 1. The van der Waals surface area contributed by atoms with Gasteiger partial charge in [-0.15, -0.1) is 0 Å². The van der Waals surface area contributed by atoms with Crippen molar-refractivity contribution < 1.29 is 13.9 Å². The van der Waals surface area contributed by atoms with Crippen LogP contribution in [0.2, 0.25) is 0 Å². The lowest BCUT2D eigenvalue weighted by Gasteiger charge is -2.28. The van der Waals surface area contributed by atoms with E-state index in [0.29, 0.717) is 44.0 Å². The molecule has 1 fully saturated rings. The molecule has 0 N–H and O–H groups in total. The zero-order valence-corrected chi connectivity index (χ0v) is 12.1. The second-order valence-corrected chi connectivity index (χ2v) is 5.29. The van der Waals surface area contributed by atoms with Crippen LogP contribution in [0.15, 0.2) is 18.2 Å². The van der Waals surface area contributed by atoms with E-state index in [-0.39, 0.29) is 11.6 Å². The lowest BCUT2D eigenvalue weighted by Crippen LogP contribution is -2.34. The van der Waals surface area contributed by atoms with Gasteiger partial charge in [-0.2, -0.15) is 0 Å². The molecule has 0 unspecified atom stereocenters. The molecule has 0 saturated carbocycles. The number of hydrogen-bond acceptors (Lipinski definition) is 4. The summed E-state index contributed by atoms with van der Waals surface area (Å²) in [6.07, 6.45) is 1.00. The molecule has 2 rings (SSSR count). The molecule has 5 heteroatoms. The Hall–Kier alpha value is -1.62. The van der Waals surface area contributed by atoms with Gasteiger partial charge in [0, 0.05) is 38.5 Å². The van der Waals surface area contributed by atoms with Crippen molar-refractivity contribution >= 4 is 11.5 Å². The van der Waals surface area contributed by atoms with Gasteiger partial charge in [-0.3, -0.25) is 4.79 Å². The third-order valence-corrected chi connectivity index (χ3v) is 3.39. The van der Waals surface area contributed by atoms with Crippen LogP contribution in [0.4, 0.5) is 10.1 Å². The molecule has 0 atom stereocenters. The van der Waals surface area contributed by atoms with Crippen molar-refractivity contribution in [1.29, 1.82) is 0 Å². The maximum atomic E-state index is 14.1. The second kappa shape index (κ2) is 6.70. The van der Waals surface area contributed by atoms with Crippen LogP contribution >= 0.6 is 0 Å². The molecule has 0 spiro atoms. The van der Waals surface area contributed by atoms with Gasteiger partial charge >= 0.3 is 0 Å². The average molecular weight is 280 g/mol. The molecule has 4 nitrogen and oxygen atoms in total. The normalized spacial score (nSPS) is 15.8. The van der Waals surface area contributed by atoms with Crippen molar-refractivity contribution in [2.45, 2.75) is 12.8 Å². The first-order valence-corrected chi connectivity index (χ1v) is 6.90. The standard InChI is InChI=1S/C15H21FN2O2/c1-17(2)9-10-20-13-3-4-15(14(16)11-13)18-7-5-12(19)6-8-18/h3-4,11H,5-10H2,1-2H3. The highest BCUT2D eigenvalue weighted by Crippen LogP contribution is 2.26. The van der Waals surface area contributed by atoms with E-state index in [9.17, 15) is 9.18 Å². The molecule has 0 bridgehead atoms. The molecule has 0 radical (unpaired) electrons. The highest BCUT2D eigenvalue weighted by molar-refractivity contribution is 5.81. The molecule has 1 aromatic rings. The molecule has 1 heterocycles. The molecule has 1 aliphatic heterocycles. The van der Waals surface area contributed by atoms with E-state index in [1.165, 1.54) is 6.07 Å². The van der Waals surface area contributed by atoms with Crippen LogP contribution < -0.4 is 9.64 Å². The van der Waals surface area contributed by atoms with E-state index < -0.39 is 0 Å². The largest absolute Gasteiger partial charge is 0.492 e. The van der Waals surface area contributed by atoms with Crippen LogP contribution in [0.3, 0.4) is 0 Å². The maximum Gasteiger partial charge on any atom is 0.150 e. The van der Waals surface area contributed by atoms with E-state index in [1.807, 2.05) is 23.9 Å². The zero-order chi connectivity index (χ0) is 14.5. The van der Waals surface area contributed by atoms with Crippen molar-refractivity contribution in [2.75, 3.05) is 45.2 Å². The quantitative estimate of drug-likeness (QED) is 0.825. The Balaban J connectivity index is 1.97. The molecule has 20 heavy (non-hydrogen) atoms. The first-order chi connectivity index (χ1) is 9.56. The van der Waals surface area contributed by atoms with Crippen LogP contribution in [0.25, 0.3) is 0 Å². The third-order valence-electron chi connectivity index (χ3n) is 3.39. The summed E-state index contributed by atoms with van der Waals surface area (Å²) in [6, 6.07) is 4.93. The molecule has 1 aromatic carbocycles. The van der Waals surface area contributed by atoms with Crippen LogP contribution in [0.5, 0.6) is 5.75 Å². The first-order valence-electron chi connectivity index (χ1n) is 6.90. The summed E-state index contributed by atoms with van der Waals surface area (Å²) in [7, 11) is 3.93. The Morgan fingerprint density at radius 2 is 2.00 bits per heavy atom. The summed E-state index contributed by atoms with van der Waals surface area (Å²) < 4.78 is 19.6. The van der Waals surface area contributed by atoms with Crippen LogP contribution in [0.1, 0.15) is 12.8 Å². The number of anilines is 1. The van der Waals surface area contributed by atoms with E-state index >= 15 is 0 Å². The molecule has 0 amide bonds. The van der Waals surface area contributed by atoms with E-state index in [2.05, 4.69) is 0 Å². The predicted octanol–water partition coefficient (Wildman–Crippen LogP) is 1.94. The van der Waals surface area contributed by atoms with Gasteiger partial charge in [0.2, 0.25) is 0 Å². The SMILES string of the molecule is CN(C)CCOc1ccc(N2CCC(=O)CC2)c(F)c1. The number of rotatable bonds is 5. The number of carbonyl (C=O) groups excluding carboxylic acids is 1. The van der Waals surface area contributed by atoms with Crippen molar-refractivity contribution in [3.63, 3.8) is 0 Å². The molecule has 0 aliphatic carbocycles. The minimum atomic E-state index is -0.290. The van der Waals surface area contributed by atoms with E-state index in [0.717, 1.165) is 6.54 Å². The van der Waals surface area contributed by atoms with E-state index in [1.54, 1.807) is 12.1 Å². The lowest BCUT2D eigenvalue weighted by atomic mass is 10.1. The molecular formula is C15H21FN2O2. The smallest absolute Gasteiger partial charge is 0.150 e. The van der Waals surface area contributed by atoms with Crippen LogP contribution in [0, 0.1) is 5.82 Å². The fraction of sp³-hybridized carbons (Fsp3) is 0.533. The molecule has 1 saturated heterocycles. The van der Waals surface area contributed by atoms with Gasteiger partial charge in [-0.05, 0) is 26.2 Å². The summed E-state index contributed by atoms with van der Waals surface area (Å²) in [6.45, 7) is 2.51. The Bertz CT molecular complexity index is 467. The molecule has 110 valence electrons. The highest BCUT2D eigenvalue weighted by Gasteiger charge is 2.19. The van der Waals surface area contributed by atoms with E-state index in [4.69, 9.17) is 4.74 Å². The van der Waals surface area contributed by atoms with Gasteiger partial charge in [0.05, 0.1) is 5.69 Å². The Morgan fingerprint density at radius 1 is 1.30 bits per heavy atom. The lowest BCUT2D eigenvalue weighted by molar-refractivity contribution is -0.119. The van der Waals surface area contributed by atoms with Crippen molar-refractivity contribution in [3.8, 4) is 5.75 Å². The molecule has 1 aliphatic rings. The third kappa shape index (κ3) is 3.93. The highest BCUT2D eigenvalue weighted by atomic mass is 19.1. The minimum Gasteiger partial charge on any atom is -0.492 e. The fourth-order valence-corrected chi connectivity index (χ4v) is 2.18. The van der Waals surface area contributed by atoms with Gasteiger partial charge < -0.3 is 14.5 Å². The molecule has 0 aromatic heterocycles. The summed E-state index contributed by atoms with van der Waals surface area (Å²) in [5.74, 6) is 0.508. The van der Waals surface area contributed by atoms with Crippen LogP contribution in [-0.4, -0.2) is 51.0 Å². The summed E-state index contributed by atoms with van der Waals surface area (Å²) in [5, 5.41) is 0. The Labute approximate surface area is 119 Å². The number of piperidine rings is 1. The van der Waals surface area contributed by atoms with Gasteiger partial charge in [-0.25, -0.2) is 4.39 Å². The number of likely N-dealkylation sites (N-methyl/N-ethyl adjacent to an activating group) is 1.